The number of halogens is 1. The Balaban J connectivity index is 1.77. The van der Waals surface area contributed by atoms with Crippen LogP contribution in [0, 0.1) is 11.7 Å². The van der Waals surface area contributed by atoms with Gasteiger partial charge in [0.05, 0.1) is 5.75 Å². The van der Waals surface area contributed by atoms with E-state index in [2.05, 4.69) is 12.2 Å². The van der Waals surface area contributed by atoms with Gasteiger partial charge in [-0.1, -0.05) is 6.92 Å². The zero-order chi connectivity index (χ0) is 14.5. The first-order valence-corrected chi connectivity index (χ1v) is 7.99. The number of rotatable bonds is 4. The zero-order valence-corrected chi connectivity index (χ0v) is 12.5. The topological polar surface area (TPSA) is 55.1 Å². The fraction of sp³-hybridized carbons (Fsp3) is 0.533. The van der Waals surface area contributed by atoms with Gasteiger partial charge in [0, 0.05) is 16.6 Å². The molecular weight excluding hydrogens is 275 g/mol. The van der Waals surface area contributed by atoms with Gasteiger partial charge < -0.3 is 11.1 Å². The third-order valence-corrected chi connectivity index (χ3v) is 4.62. The molecule has 0 atom stereocenters. The minimum atomic E-state index is -0.367. The number of nitrogen functional groups attached to an aromatic ring is 1. The van der Waals surface area contributed by atoms with Crippen LogP contribution in [-0.4, -0.2) is 17.7 Å². The standard InChI is InChI=1S/C15H21FN2OS/c1-10-2-4-13(5-3-10)18-15(19)9-20-14-7-11(16)6-12(17)8-14/h6-8,10,13H,2-5,9,17H2,1H3,(H,18,19). The van der Waals surface area contributed by atoms with Gasteiger partial charge in [-0.05, 0) is 49.8 Å². The summed E-state index contributed by atoms with van der Waals surface area (Å²) in [5.41, 5.74) is 5.96. The van der Waals surface area contributed by atoms with Crippen molar-refractivity contribution in [2.45, 2.75) is 43.5 Å². The smallest absolute Gasteiger partial charge is 0.230 e. The van der Waals surface area contributed by atoms with Gasteiger partial charge >= 0.3 is 0 Å². The van der Waals surface area contributed by atoms with Gasteiger partial charge in [-0.15, -0.1) is 11.8 Å². The van der Waals surface area contributed by atoms with Crippen LogP contribution in [0.5, 0.6) is 0 Å². The summed E-state index contributed by atoms with van der Waals surface area (Å²) >= 11 is 1.31. The van der Waals surface area contributed by atoms with E-state index in [0.29, 0.717) is 22.4 Å². The molecule has 1 saturated carbocycles. The summed E-state index contributed by atoms with van der Waals surface area (Å²) in [6, 6.07) is 4.66. The highest BCUT2D eigenvalue weighted by Gasteiger charge is 2.19. The second-order valence-electron chi connectivity index (χ2n) is 5.53. The summed E-state index contributed by atoms with van der Waals surface area (Å²) in [6.45, 7) is 2.25. The summed E-state index contributed by atoms with van der Waals surface area (Å²) in [4.78, 5) is 12.6. The average Bonchev–Trinajstić information content (AvgIpc) is 2.38. The molecule has 1 aromatic rings. The predicted molar refractivity (Wildman–Crippen MR) is 81.1 cm³/mol. The van der Waals surface area contributed by atoms with Crippen molar-refractivity contribution in [1.82, 2.24) is 5.32 Å². The first kappa shape index (κ1) is 15.2. The van der Waals surface area contributed by atoms with Gasteiger partial charge in [0.25, 0.3) is 0 Å². The molecule has 0 unspecified atom stereocenters. The number of carbonyl (C=O) groups is 1. The maximum absolute atomic E-state index is 13.2. The molecule has 0 spiro atoms. The highest BCUT2D eigenvalue weighted by Crippen LogP contribution is 2.24. The van der Waals surface area contributed by atoms with E-state index in [1.807, 2.05) is 0 Å². The minimum Gasteiger partial charge on any atom is -0.399 e. The van der Waals surface area contributed by atoms with Crippen LogP contribution in [0.2, 0.25) is 0 Å². The van der Waals surface area contributed by atoms with Gasteiger partial charge in [-0.2, -0.15) is 0 Å². The lowest BCUT2D eigenvalue weighted by atomic mass is 9.87. The van der Waals surface area contributed by atoms with Crippen molar-refractivity contribution in [3.8, 4) is 0 Å². The van der Waals surface area contributed by atoms with Crippen LogP contribution < -0.4 is 11.1 Å². The molecule has 20 heavy (non-hydrogen) atoms. The molecule has 2 rings (SSSR count). The second-order valence-corrected chi connectivity index (χ2v) is 6.58. The van der Waals surface area contributed by atoms with Crippen LogP contribution in [0.4, 0.5) is 10.1 Å². The van der Waals surface area contributed by atoms with E-state index < -0.39 is 0 Å². The summed E-state index contributed by atoms with van der Waals surface area (Å²) < 4.78 is 13.2. The summed E-state index contributed by atoms with van der Waals surface area (Å²) in [7, 11) is 0. The van der Waals surface area contributed by atoms with Crippen molar-refractivity contribution in [1.29, 1.82) is 0 Å². The number of hydrogen-bond donors (Lipinski definition) is 2. The normalized spacial score (nSPS) is 22.5. The Kier molecular flexibility index (Phi) is 5.29. The molecule has 0 heterocycles. The fourth-order valence-electron chi connectivity index (χ4n) is 2.49. The van der Waals surface area contributed by atoms with Crippen LogP contribution in [0.1, 0.15) is 32.6 Å². The number of thioether (sulfide) groups is 1. The SMILES string of the molecule is CC1CCC(NC(=O)CSc2cc(N)cc(F)c2)CC1. The Morgan fingerprint density at radius 2 is 2.05 bits per heavy atom. The Morgan fingerprint density at radius 3 is 2.70 bits per heavy atom. The summed E-state index contributed by atoms with van der Waals surface area (Å²) in [6.07, 6.45) is 4.48. The van der Waals surface area contributed by atoms with E-state index in [0.717, 1.165) is 18.8 Å². The third kappa shape index (κ3) is 4.71. The van der Waals surface area contributed by atoms with E-state index in [1.54, 1.807) is 6.07 Å². The maximum Gasteiger partial charge on any atom is 0.230 e. The van der Waals surface area contributed by atoms with Crippen LogP contribution in [0.15, 0.2) is 23.1 Å². The number of benzene rings is 1. The molecule has 1 fully saturated rings. The van der Waals surface area contributed by atoms with E-state index in [4.69, 9.17) is 5.73 Å². The van der Waals surface area contributed by atoms with Gasteiger partial charge in [0.2, 0.25) is 5.91 Å². The molecule has 3 nitrogen and oxygen atoms in total. The molecule has 0 aromatic heterocycles. The molecule has 1 aromatic carbocycles. The largest absolute Gasteiger partial charge is 0.399 e. The van der Waals surface area contributed by atoms with E-state index in [1.165, 1.54) is 36.7 Å². The predicted octanol–water partition coefficient (Wildman–Crippen LogP) is 3.19. The fourth-order valence-corrected chi connectivity index (χ4v) is 3.29. The number of hydrogen-bond acceptors (Lipinski definition) is 3. The molecule has 0 bridgehead atoms. The van der Waals surface area contributed by atoms with E-state index >= 15 is 0 Å². The molecule has 3 N–H and O–H groups in total. The van der Waals surface area contributed by atoms with Gasteiger partial charge in [0.1, 0.15) is 5.82 Å². The Labute approximate surface area is 123 Å². The van der Waals surface area contributed by atoms with Crippen molar-refractivity contribution < 1.29 is 9.18 Å². The monoisotopic (exact) mass is 296 g/mol. The summed E-state index contributed by atoms with van der Waals surface area (Å²) in [5.74, 6) is 0.717. The number of nitrogens with one attached hydrogen (secondary N) is 1. The van der Waals surface area contributed by atoms with Crippen molar-refractivity contribution in [3.05, 3.63) is 24.0 Å². The zero-order valence-electron chi connectivity index (χ0n) is 11.7. The molecule has 1 aliphatic carbocycles. The molecule has 0 radical (unpaired) electrons. The number of anilines is 1. The quantitative estimate of drug-likeness (QED) is 0.662. The minimum absolute atomic E-state index is 0.0115. The van der Waals surface area contributed by atoms with E-state index in [9.17, 15) is 9.18 Å². The van der Waals surface area contributed by atoms with Gasteiger partial charge in [0.15, 0.2) is 0 Å². The lowest BCUT2D eigenvalue weighted by Gasteiger charge is -2.26. The van der Waals surface area contributed by atoms with Crippen molar-refractivity contribution in [3.63, 3.8) is 0 Å². The molecule has 1 aliphatic rings. The Morgan fingerprint density at radius 1 is 1.35 bits per heavy atom. The highest BCUT2D eigenvalue weighted by atomic mass is 32.2. The van der Waals surface area contributed by atoms with Crippen LogP contribution in [0.3, 0.4) is 0 Å². The molecule has 0 saturated heterocycles. The number of carbonyl (C=O) groups excluding carboxylic acids is 1. The van der Waals surface area contributed by atoms with Gasteiger partial charge in [-0.3, -0.25) is 4.79 Å². The first-order valence-electron chi connectivity index (χ1n) is 7.01. The summed E-state index contributed by atoms with van der Waals surface area (Å²) in [5, 5.41) is 3.05. The Bertz CT molecular complexity index is 453. The van der Waals surface area contributed by atoms with Crippen LogP contribution >= 0.6 is 11.8 Å². The highest BCUT2D eigenvalue weighted by molar-refractivity contribution is 8.00. The van der Waals surface area contributed by atoms with Crippen molar-refractivity contribution in [2.75, 3.05) is 11.5 Å². The van der Waals surface area contributed by atoms with Gasteiger partial charge in [-0.25, -0.2) is 4.39 Å². The molecule has 1 amide bonds. The lowest BCUT2D eigenvalue weighted by Crippen LogP contribution is -2.38. The lowest BCUT2D eigenvalue weighted by molar-refractivity contribution is -0.119. The van der Waals surface area contributed by atoms with Crippen molar-refractivity contribution >= 4 is 23.4 Å². The molecule has 5 heteroatoms. The molecule has 110 valence electrons. The second kappa shape index (κ2) is 6.97. The first-order chi connectivity index (χ1) is 9.52. The number of amides is 1. The number of nitrogens with two attached hydrogens (primary N) is 1. The van der Waals surface area contributed by atoms with Crippen LogP contribution in [0.25, 0.3) is 0 Å². The van der Waals surface area contributed by atoms with Crippen LogP contribution in [-0.2, 0) is 4.79 Å². The third-order valence-electron chi connectivity index (χ3n) is 3.64. The Hall–Kier alpha value is -1.23. The molecule has 0 aliphatic heterocycles. The maximum atomic E-state index is 13.2. The van der Waals surface area contributed by atoms with E-state index in [-0.39, 0.29) is 11.7 Å². The molecular formula is C15H21FN2OS. The van der Waals surface area contributed by atoms with Crippen molar-refractivity contribution in [2.24, 2.45) is 5.92 Å². The average molecular weight is 296 g/mol.